The molecule has 0 aromatic heterocycles. The molecule has 0 fully saturated rings. The van der Waals surface area contributed by atoms with Gasteiger partial charge in [-0.15, -0.1) is 0 Å². The molecule has 0 aliphatic carbocycles. The number of hydrogen-bond donors (Lipinski definition) is 4. The molecule has 8 heteroatoms. The summed E-state index contributed by atoms with van der Waals surface area (Å²) < 4.78 is 13.2. The minimum atomic E-state index is -0.667. The van der Waals surface area contributed by atoms with Gasteiger partial charge < -0.3 is 15.5 Å². The number of nitrogens with one attached hydrogen (secondary N) is 4. The van der Waals surface area contributed by atoms with Crippen molar-refractivity contribution >= 4 is 29.2 Å². The van der Waals surface area contributed by atoms with E-state index < -0.39 is 17.6 Å². The smallest absolute Gasteiger partial charge is 0.258 e. The van der Waals surface area contributed by atoms with Gasteiger partial charge in [0.05, 0.1) is 11.3 Å². The number of nitrogens with zero attached hydrogens (tertiary/aromatic N) is 1. The highest BCUT2D eigenvalue weighted by molar-refractivity contribution is 6.13. The molecule has 122 valence electrons. The Kier molecular flexibility index (Phi) is 6.13. The second-order valence-electron chi connectivity index (χ2n) is 4.85. The fraction of sp³-hybridized carbons (Fsp3) is 0.200. The number of carbonyl (C=O) groups is 2. The minimum Gasteiger partial charge on any atom is -0.363 e. The summed E-state index contributed by atoms with van der Waals surface area (Å²) in [6, 6.07) is 3.33. The van der Waals surface area contributed by atoms with E-state index in [1.165, 1.54) is 30.0 Å². The SMILES string of the molecule is CC(=O)Nc1cc(F)ccc1C(=O)NC(=N)/C=C\C(=N)N(C)C. The molecule has 0 bridgehead atoms. The molecule has 1 aromatic carbocycles. The average Bonchev–Trinajstić information content (AvgIpc) is 2.43. The van der Waals surface area contributed by atoms with Gasteiger partial charge in [-0.1, -0.05) is 0 Å². The quantitative estimate of drug-likeness (QED) is 0.499. The van der Waals surface area contributed by atoms with Crippen LogP contribution in [0.5, 0.6) is 0 Å². The van der Waals surface area contributed by atoms with E-state index in [2.05, 4.69) is 10.6 Å². The number of rotatable bonds is 4. The topological polar surface area (TPSA) is 109 Å². The van der Waals surface area contributed by atoms with E-state index in [9.17, 15) is 14.0 Å². The molecule has 0 saturated carbocycles. The maximum absolute atomic E-state index is 13.2. The summed E-state index contributed by atoms with van der Waals surface area (Å²) in [7, 11) is 3.35. The number of halogens is 1. The molecule has 0 aliphatic rings. The van der Waals surface area contributed by atoms with E-state index in [-0.39, 0.29) is 22.9 Å². The van der Waals surface area contributed by atoms with E-state index in [1.54, 1.807) is 14.1 Å². The first-order valence-corrected chi connectivity index (χ1v) is 6.61. The number of amides is 2. The van der Waals surface area contributed by atoms with Crippen molar-refractivity contribution < 1.29 is 14.0 Å². The highest BCUT2D eigenvalue weighted by Crippen LogP contribution is 2.17. The Morgan fingerprint density at radius 2 is 1.87 bits per heavy atom. The van der Waals surface area contributed by atoms with E-state index >= 15 is 0 Å². The Balaban J connectivity index is 2.88. The molecular weight excluding hydrogens is 301 g/mol. The molecule has 0 spiro atoms. The van der Waals surface area contributed by atoms with Crippen LogP contribution in [0.2, 0.25) is 0 Å². The van der Waals surface area contributed by atoms with Gasteiger partial charge in [-0.3, -0.25) is 20.4 Å². The monoisotopic (exact) mass is 319 g/mol. The number of anilines is 1. The lowest BCUT2D eigenvalue weighted by Gasteiger charge is -2.11. The van der Waals surface area contributed by atoms with E-state index in [1.807, 2.05) is 0 Å². The highest BCUT2D eigenvalue weighted by Gasteiger charge is 2.14. The second-order valence-corrected chi connectivity index (χ2v) is 4.85. The first-order valence-electron chi connectivity index (χ1n) is 6.61. The Morgan fingerprint density at radius 3 is 2.43 bits per heavy atom. The Labute approximate surface area is 133 Å². The summed E-state index contributed by atoms with van der Waals surface area (Å²) in [5.74, 6) is -1.79. The average molecular weight is 319 g/mol. The number of amidine groups is 2. The highest BCUT2D eigenvalue weighted by atomic mass is 19.1. The summed E-state index contributed by atoms with van der Waals surface area (Å²) in [6.45, 7) is 1.24. The van der Waals surface area contributed by atoms with Gasteiger partial charge in [0.2, 0.25) is 5.91 Å². The van der Waals surface area contributed by atoms with Crippen LogP contribution in [0.4, 0.5) is 10.1 Å². The molecule has 1 rings (SSSR count). The van der Waals surface area contributed by atoms with Gasteiger partial charge >= 0.3 is 0 Å². The molecule has 0 atom stereocenters. The van der Waals surface area contributed by atoms with Crippen LogP contribution in [-0.4, -0.2) is 42.5 Å². The summed E-state index contributed by atoms with van der Waals surface area (Å²) in [6.07, 6.45) is 2.60. The normalized spacial score (nSPS) is 10.3. The first kappa shape index (κ1) is 18.0. The van der Waals surface area contributed by atoms with Crippen LogP contribution in [0.3, 0.4) is 0 Å². The van der Waals surface area contributed by atoms with Gasteiger partial charge in [0.15, 0.2) is 0 Å². The first-order chi connectivity index (χ1) is 10.7. The van der Waals surface area contributed by atoms with Gasteiger partial charge in [0.25, 0.3) is 5.91 Å². The predicted molar refractivity (Wildman–Crippen MR) is 86.5 cm³/mol. The van der Waals surface area contributed by atoms with Crippen molar-refractivity contribution in [3.63, 3.8) is 0 Å². The van der Waals surface area contributed by atoms with E-state index in [0.29, 0.717) is 0 Å². The number of hydrogen-bond acceptors (Lipinski definition) is 4. The van der Waals surface area contributed by atoms with Gasteiger partial charge in [-0.2, -0.15) is 0 Å². The summed E-state index contributed by atoms with van der Waals surface area (Å²) >= 11 is 0. The van der Waals surface area contributed by atoms with Crippen molar-refractivity contribution in [2.24, 2.45) is 0 Å². The van der Waals surface area contributed by atoms with Gasteiger partial charge in [-0.05, 0) is 30.4 Å². The fourth-order valence-electron chi connectivity index (χ4n) is 1.55. The van der Waals surface area contributed by atoms with E-state index in [4.69, 9.17) is 10.8 Å². The molecule has 4 N–H and O–H groups in total. The van der Waals surface area contributed by atoms with Gasteiger partial charge in [0, 0.05) is 21.0 Å². The van der Waals surface area contributed by atoms with Crippen LogP contribution >= 0.6 is 0 Å². The van der Waals surface area contributed by atoms with Crippen LogP contribution in [-0.2, 0) is 4.79 Å². The predicted octanol–water partition coefficient (Wildman–Crippen LogP) is 1.59. The minimum absolute atomic E-state index is 0.0211. The van der Waals surface area contributed by atoms with Crippen molar-refractivity contribution in [1.82, 2.24) is 10.2 Å². The molecule has 0 heterocycles. The third-order valence-corrected chi connectivity index (χ3v) is 2.67. The maximum atomic E-state index is 13.2. The molecule has 0 radical (unpaired) electrons. The zero-order valence-corrected chi connectivity index (χ0v) is 13.0. The van der Waals surface area contributed by atoms with Crippen molar-refractivity contribution in [1.29, 1.82) is 10.8 Å². The van der Waals surface area contributed by atoms with Crippen molar-refractivity contribution in [3.05, 3.63) is 41.7 Å². The standard InChI is InChI=1S/C15H18FN5O2/c1-9(22)19-12-8-10(16)4-5-11(12)15(23)20-13(17)6-7-14(18)21(2)3/h4-8,18H,1-3H3,(H,19,22)(H2,17,20,23)/b7-6-,18-14?. The molecular formula is C15H18FN5O2. The fourth-order valence-corrected chi connectivity index (χ4v) is 1.55. The lowest BCUT2D eigenvalue weighted by molar-refractivity contribution is -0.114. The number of carbonyl (C=O) groups excluding carboxylic acids is 2. The van der Waals surface area contributed by atoms with Crippen molar-refractivity contribution in [2.45, 2.75) is 6.92 Å². The number of likely N-dealkylation sites (N-methyl/N-ethyl adjacent to an activating group) is 1. The third kappa shape index (κ3) is 5.70. The van der Waals surface area contributed by atoms with Crippen LogP contribution in [0.1, 0.15) is 17.3 Å². The van der Waals surface area contributed by atoms with E-state index in [0.717, 1.165) is 12.1 Å². The molecule has 0 aliphatic heterocycles. The Bertz CT molecular complexity index is 682. The van der Waals surface area contributed by atoms with Gasteiger partial charge in [0.1, 0.15) is 17.5 Å². The summed E-state index contributed by atoms with van der Waals surface area (Å²) in [4.78, 5) is 24.8. The lowest BCUT2D eigenvalue weighted by Crippen LogP contribution is -2.30. The molecule has 0 unspecified atom stereocenters. The molecule has 1 aromatic rings. The molecule has 0 saturated heterocycles. The van der Waals surface area contributed by atoms with Crippen LogP contribution in [0, 0.1) is 16.6 Å². The van der Waals surface area contributed by atoms with Gasteiger partial charge in [-0.25, -0.2) is 4.39 Å². The third-order valence-electron chi connectivity index (χ3n) is 2.67. The Morgan fingerprint density at radius 1 is 1.22 bits per heavy atom. The van der Waals surface area contributed by atoms with Crippen LogP contribution in [0.15, 0.2) is 30.4 Å². The maximum Gasteiger partial charge on any atom is 0.258 e. The summed E-state index contributed by atoms with van der Waals surface area (Å²) in [5, 5.41) is 19.9. The summed E-state index contributed by atoms with van der Waals surface area (Å²) in [5.41, 5.74) is 0.0512. The van der Waals surface area contributed by atoms with Crippen LogP contribution in [0.25, 0.3) is 0 Å². The lowest BCUT2D eigenvalue weighted by atomic mass is 10.1. The molecule has 2 amide bonds. The van der Waals surface area contributed by atoms with Crippen molar-refractivity contribution in [3.8, 4) is 0 Å². The Hall–Kier alpha value is -3.03. The van der Waals surface area contributed by atoms with Crippen LogP contribution < -0.4 is 10.6 Å². The zero-order valence-electron chi connectivity index (χ0n) is 13.0. The molecule has 23 heavy (non-hydrogen) atoms. The second kappa shape index (κ2) is 7.83. The molecule has 7 nitrogen and oxygen atoms in total. The largest absolute Gasteiger partial charge is 0.363 e. The van der Waals surface area contributed by atoms with Crippen molar-refractivity contribution in [2.75, 3.05) is 19.4 Å². The number of benzene rings is 1. The zero-order chi connectivity index (χ0) is 17.6.